The Morgan fingerprint density at radius 3 is 2.74 bits per heavy atom. The minimum Gasteiger partial charge on any atom is -0.493 e. The Bertz CT molecular complexity index is 1240. The summed E-state index contributed by atoms with van der Waals surface area (Å²) >= 11 is 1.53. The number of rotatable bonds is 10. The summed E-state index contributed by atoms with van der Waals surface area (Å²) in [7, 11) is 1.59. The molecule has 1 aliphatic rings. The molecule has 1 aromatic heterocycles. The topological polar surface area (TPSA) is 87.5 Å². The first kappa shape index (κ1) is 24.4. The molecule has 1 atom stereocenters. The zero-order valence-corrected chi connectivity index (χ0v) is 20.8. The van der Waals surface area contributed by atoms with Gasteiger partial charge in [0.25, 0.3) is 0 Å². The first-order valence-electron chi connectivity index (χ1n) is 11.3. The van der Waals surface area contributed by atoms with Crippen molar-refractivity contribution in [2.45, 2.75) is 31.7 Å². The summed E-state index contributed by atoms with van der Waals surface area (Å²) in [6.07, 6.45) is 1.54. The SMILES string of the molecule is C=CCOC(=O)C1=C(C)Nc2nc(SCC)nn2C1c1ccc(OCc2ccccc2)c(OC)c1. The number of hydrogen-bond donors (Lipinski definition) is 1. The van der Waals surface area contributed by atoms with Crippen LogP contribution in [0, 0.1) is 0 Å². The van der Waals surface area contributed by atoms with Crippen LogP contribution in [0.2, 0.25) is 0 Å². The van der Waals surface area contributed by atoms with Gasteiger partial charge in [0.2, 0.25) is 11.1 Å². The number of carbonyl (C=O) groups excluding carboxylic acids is 1. The second-order valence-electron chi connectivity index (χ2n) is 7.73. The molecular formula is C26H28N4O4S. The van der Waals surface area contributed by atoms with Crippen molar-refractivity contribution < 1.29 is 19.0 Å². The quantitative estimate of drug-likeness (QED) is 0.240. The van der Waals surface area contributed by atoms with Crippen LogP contribution in [0.4, 0.5) is 5.95 Å². The van der Waals surface area contributed by atoms with Gasteiger partial charge in [-0.1, -0.05) is 67.7 Å². The van der Waals surface area contributed by atoms with Crippen LogP contribution < -0.4 is 14.8 Å². The fourth-order valence-electron chi connectivity index (χ4n) is 3.82. The zero-order valence-electron chi connectivity index (χ0n) is 20.0. The van der Waals surface area contributed by atoms with Gasteiger partial charge in [-0.2, -0.15) is 4.98 Å². The molecule has 182 valence electrons. The number of ether oxygens (including phenoxy) is 3. The number of esters is 1. The summed E-state index contributed by atoms with van der Waals surface area (Å²) in [5.41, 5.74) is 2.94. The van der Waals surface area contributed by atoms with Crippen molar-refractivity contribution in [1.82, 2.24) is 14.8 Å². The van der Waals surface area contributed by atoms with Crippen molar-refractivity contribution in [1.29, 1.82) is 0 Å². The number of nitrogens with zero attached hydrogens (tertiary/aromatic N) is 3. The van der Waals surface area contributed by atoms with Gasteiger partial charge in [-0.3, -0.25) is 0 Å². The summed E-state index contributed by atoms with van der Waals surface area (Å²) in [4.78, 5) is 17.7. The molecule has 1 unspecified atom stereocenters. The van der Waals surface area contributed by atoms with E-state index in [1.54, 1.807) is 11.8 Å². The van der Waals surface area contributed by atoms with E-state index in [1.165, 1.54) is 17.8 Å². The highest BCUT2D eigenvalue weighted by atomic mass is 32.2. The molecule has 0 amide bonds. The summed E-state index contributed by atoms with van der Waals surface area (Å²) in [5, 5.41) is 8.50. The van der Waals surface area contributed by atoms with Crippen molar-refractivity contribution in [3.05, 3.63) is 83.6 Å². The Kier molecular flexibility index (Phi) is 7.77. The molecule has 4 rings (SSSR count). The highest BCUT2D eigenvalue weighted by Crippen LogP contribution is 2.40. The predicted octanol–water partition coefficient (Wildman–Crippen LogP) is 5.00. The lowest BCUT2D eigenvalue weighted by atomic mass is 9.95. The molecule has 2 heterocycles. The normalized spacial score (nSPS) is 14.7. The van der Waals surface area contributed by atoms with Gasteiger partial charge in [-0.15, -0.1) is 5.10 Å². The van der Waals surface area contributed by atoms with E-state index in [4.69, 9.17) is 14.2 Å². The lowest BCUT2D eigenvalue weighted by Gasteiger charge is -2.28. The standard InChI is InChI=1S/C26H28N4O4S/c1-5-14-33-24(31)22-17(3)27-25-28-26(35-6-2)29-30(25)23(22)19-12-13-20(21(15-19)32-4)34-16-18-10-8-7-9-11-18/h5,7-13,15,23H,1,6,14,16H2,2-4H3,(H,27,28,29). The second-order valence-corrected chi connectivity index (χ2v) is 8.96. The number of benzene rings is 2. The van der Waals surface area contributed by atoms with Crippen molar-refractivity contribution in [2.24, 2.45) is 0 Å². The minimum absolute atomic E-state index is 0.110. The number of fused-ring (bicyclic) bond motifs is 1. The molecule has 0 radical (unpaired) electrons. The van der Waals surface area contributed by atoms with Crippen LogP contribution in [-0.2, 0) is 16.1 Å². The number of allylic oxidation sites excluding steroid dienone is 1. The van der Waals surface area contributed by atoms with E-state index < -0.39 is 12.0 Å². The van der Waals surface area contributed by atoms with E-state index in [0.717, 1.165) is 16.9 Å². The fraction of sp³-hybridized carbons (Fsp3) is 0.269. The monoisotopic (exact) mass is 492 g/mol. The molecule has 0 bridgehead atoms. The predicted molar refractivity (Wildman–Crippen MR) is 136 cm³/mol. The molecular weight excluding hydrogens is 464 g/mol. The van der Waals surface area contributed by atoms with Crippen molar-refractivity contribution in [3.8, 4) is 11.5 Å². The first-order valence-corrected chi connectivity index (χ1v) is 12.2. The summed E-state index contributed by atoms with van der Waals surface area (Å²) < 4.78 is 18.8. The maximum Gasteiger partial charge on any atom is 0.338 e. The van der Waals surface area contributed by atoms with Crippen LogP contribution in [-0.4, -0.2) is 40.2 Å². The van der Waals surface area contributed by atoms with E-state index in [9.17, 15) is 4.79 Å². The van der Waals surface area contributed by atoms with E-state index >= 15 is 0 Å². The Labute approximate surface area is 209 Å². The molecule has 2 aromatic carbocycles. The molecule has 0 fully saturated rings. The number of methoxy groups -OCH3 is 1. The molecule has 1 N–H and O–H groups in total. The Balaban J connectivity index is 1.72. The molecule has 1 aliphatic heterocycles. The fourth-order valence-corrected chi connectivity index (χ4v) is 4.37. The van der Waals surface area contributed by atoms with Gasteiger partial charge in [0.1, 0.15) is 19.3 Å². The van der Waals surface area contributed by atoms with E-state index in [0.29, 0.717) is 40.5 Å². The van der Waals surface area contributed by atoms with Crippen molar-refractivity contribution in [2.75, 3.05) is 24.8 Å². The van der Waals surface area contributed by atoms with Crippen LogP contribution in [0.1, 0.15) is 31.0 Å². The largest absolute Gasteiger partial charge is 0.493 e. The molecule has 9 heteroatoms. The number of aromatic nitrogens is 3. The molecule has 0 saturated carbocycles. The van der Waals surface area contributed by atoms with E-state index in [-0.39, 0.29) is 6.61 Å². The maximum absolute atomic E-state index is 13.1. The number of carbonyl (C=O) groups is 1. The third kappa shape index (κ3) is 5.35. The number of thioether (sulfide) groups is 1. The van der Waals surface area contributed by atoms with Gasteiger partial charge >= 0.3 is 5.97 Å². The van der Waals surface area contributed by atoms with Crippen LogP contribution in [0.25, 0.3) is 0 Å². The lowest BCUT2D eigenvalue weighted by Crippen LogP contribution is -2.29. The van der Waals surface area contributed by atoms with Gasteiger partial charge in [0, 0.05) is 5.70 Å². The molecule has 35 heavy (non-hydrogen) atoms. The Hall–Kier alpha value is -3.72. The zero-order chi connectivity index (χ0) is 24.8. The van der Waals surface area contributed by atoms with Crippen molar-refractivity contribution >= 4 is 23.7 Å². The second kappa shape index (κ2) is 11.1. The lowest BCUT2D eigenvalue weighted by molar-refractivity contribution is -0.138. The number of anilines is 1. The van der Waals surface area contributed by atoms with Crippen LogP contribution in [0.15, 0.2) is 77.6 Å². The smallest absolute Gasteiger partial charge is 0.338 e. The third-order valence-electron chi connectivity index (χ3n) is 5.40. The Morgan fingerprint density at radius 1 is 1.23 bits per heavy atom. The summed E-state index contributed by atoms with van der Waals surface area (Å²) in [6, 6.07) is 15.0. The number of hydrogen-bond acceptors (Lipinski definition) is 8. The average Bonchev–Trinajstić information content (AvgIpc) is 3.27. The molecule has 0 saturated heterocycles. The van der Waals surface area contributed by atoms with Crippen LogP contribution in [0.5, 0.6) is 11.5 Å². The van der Waals surface area contributed by atoms with Gasteiger partial charge < -0.3 is 19.5 Å². The summed E-state index contributed by atoms with van der Waals surface area (Å²) in [6.45, 7) is 8.02. The first-order chi connectivity index (χ1) is 17.0. The molecule has 3 aromatic rings. The van der Waals surface area contributed by atoms with Crippen molar-refractivity contribution in [3.63, 3.8) is 0 Å². The van der Waals surface area contributed by atoms with E-state index in [1.807, 2.05) is 62.4 Å². The summed E-state index contributed by atoms with van der Waals surface area (Å²) in [5.74, 6) is 2.10. The van der Waals surface area contributed by atoms with E-state index in [2.05, 4.69) is 22.0 Å². The molecule has 0 aliphatic carbocycles. The third-order valence-corrected chi connectivity index (χ3v) is 6.12. The highest BCUT2D eigenvalue weighted by Gasteiger charge is 2.35. The maximum atomic E-state index is 13.1. The highest BCUT2D eigenvalue weighted by molar-refractivity contribution is 7.99. The average molecular weight is 493 g/mol. The van der Waals surface area contributed by atoms with Crippen LogP contribution in [0.3, 0.4) is 0 Å². The minimum atomic E-state index is -0.556. The van der Waals surface area contributed by atoms with Gasteiger partial charge in [-0.25, -0.2) is 9.48 Å². The van der Waals surface area contributed by atoms with Gasteiger partial charge in [0.05, 0.1) is 12.7 Å². The van der Waals surface area contributed by atoms with Gasteiger partial charge in [0.15, 0.2) is 11.5 Å². The Morgan fingerprint density at radius 2 is 2.03 bits per heavy atom. The molecule has 0 spiro atoms. The molecule has 8 nitrogen and oxygen atoms in total. The number of nitrogens with one attached hydrogen (secondary N) is 1. The van der Waals surface area contributed by atoms with Crippen LogP contribution >= 0.6 is 11.8 Å². The van der Waals surface area contributed by atoms with Gasteiger partial charge in [-0.05, 0) is 35.9 Å².